The number of amides is 2. The van der Waals surface area contributed by atoms with Crippen LogP contribution in [0, 0.1) is 5.92 Å². The highest BCUT2D eigenvalue weighted by Gasteiger charge is 2.21. The van der Waals surface area contributed by atoms with Crippen molar-refractivity contribution in [3.63, 3.8) is 0 Å². The number of hydrogen-bond donors (Lipinski definition) is 4. The summed E-state index contributed by atoms with van der Waals surface area (Å²) < 4.78 is 5.27. The van der Waals surface area contributed by atoms with Crippen LogP contribution in [0.2, 0.25) is 0 Å². The maximum atomic E-state index is 11.6. The number of rotatable bonds is 7. The molecule has 0 bridgehead atoms. The number of carbonyl (C=O) groups is 3. The number of ether oxygens (including phenoxy) is 1. The van der Waals surface area contributed by atoms with E-state index in [1.165, 1.54) is 0 Å². The summed E-state index contributed by atoms with van der Waals surface area (Å²) >= 11 is 0. The zero-order valence-electron chi connectivity index (χ0n) is 11.1. The molecule has 0 aromatic carbocycles. The summed E-state index contributed by atoms with van der Waals surface area (Å²) in [7, 11) is 0. The molecule has 1 saturated heterocycles. The van der Waals surface area contributed by atoms with Gasteiger partial charge in [-0.25, -0.2) is 9.59 Å². The van der Waals surface area contributed by atoms with Gasteiger partial charge in [0.15, 0.2) is 0 Å². The molecule has 2 atom stereocenters. The molecule has 0 aliphatic carbocycles. The van der Waals surface area contributed by atoms with Crippen molar-refractivity contribution in [1.29, 1.82) is 0 Å². The lowest BCUT2D eigenvalue weighted by molar-refractivity contribution is -0.140. The van der Waals surface area contributed by atoms with Crippen molar-refractivity contribution in [3.8, 4) is 0 Å². The van der Waals surface area contributed by atoms with Crippen LogP contribution >= 0.6 is 0 Å². The lowest BCUT2D eigenvalue weighted by atomic mass is 10.0. The average Bonchev–Trinajstić information content (AvgIpc) is 2.41. The Morgan fingerprint density at radius 1 is 1.30 bits per heavy atom. The number of urea groups is 1. The molecule has 1 fully saturated rings. The Morgan fingerprint density at radius 3 is 2.60 bits per heavy atom. The van der Waals surface area contributed by atoms with Crippen LogP contribution in [0.5, 0.6) is 0 Å². The number of nitrogens with one attached hydrogen (secondary N) is 2. The first-order chi connectivity index (χ1) is 9.49. The highest BCUT2D eigenvalue weighted by atomic mass is 16.5. The van der Waals surface area contributed by atoms with Gasteiger partial charge >= 0.3 is 18.0 Å². The van der Waals surface area contributed by atoms with Crippen LogP contribution in [0.3, 0.4) is 0 Å². The Hall–Kier alpha value is -1.83. The Bertz CT molecular complexity index is 354. The van der Waals surface area contributed by atoms with Crippen LogP contribution in [-0.2, 0) is 14.3 Å². The van der Waals surface area contributed by atoms with Gasteiger partial charge in [0.05, 0.1) is 6.61 Å². The van der Waals surface area contributed by atoms with Crippen molar-refractivity contribution in [2.45, 2.75) is 31.7 Å². The largest absolute Gasteiger partial charge is 0.481 e. The minimum absolute atomic E-state index is 0.148. The quantitative estimate of drug-likeness (QED) is 0.524. The molecule has 1 rings (SSSR count). The summed E-state index contributed by atoms with van der Waals surface area (Å²) in [5.74, 6) is -2.11. The second-order valence-electron chi connectivity index (χ2n) is 4.76. The normalized spacial score (nSPS) is 19.9. The number of aliphatic carboxylic acids is 2. The summed E-state index contributed by atoms with van der Waals surface area (Å²) in [5.41, 5.74) is 0. The molecule has 1 unspecified atom stereocenters. The van der Waals surface area contributed by atoms with Crippen molar-refractivity contribution < 1.29 is 29.3 Å². The third-order valence-corrected chi connectivity index (χ3v) is 3.06. The molecule has 1 aliphatic rings. The first-order valence-electron chi connectivity index (χ1n) is 6.55. The molecule has 1 aliphatic heterocycles. The molecule has 4 N–H and O–H groups in total. The summed E-state index contributed by atoms with van der Waals surface area (Å²) in [5, 5.41) is 22.3. The van der Waals surface area contributed by atoms with Crippen LogP contribution in [0.25, 0.3) is 0 Å². The summed E-state index contributed by atoms with van der Waals surface area (Å²) in [4.78, 5) is 32.9. The molecule has 0 aromatic heterocycles. The summed E-state index contributed by atoms with van der Waals surface area (Å²) in [6.45, 7) is 1.73. The molecule has 0 radical (unpaired) electrons. The molecule has 0 saturated carbocycles. The lowest BCUT2D eigenvalue weighted by Gasteiger charge is -2.22. The van der Waals surface area contributed by atoms with E-state index >= 15 is 0 Å². The SMILES string of the molecule is O=C(O)CC[C@H](NC(=O)NCC1CCCOC1)C(=O)O. The van der Waals surface area contributed by atoms with E-state index in [1.807, 2.05) is 0 Å². The predicted molar refractivity (Wildman–Crippen MR) is 68.4 cm³/mol. The fourth-order valence-corrected chi connectivity index (χ4v) is 1.94. The molecule has 0 aromatic rings. The molecular formula is C12H20N2O6. The number of carboxylic acids is 2. The molecular weight excluding hydrogens is 268 g/mol. The van der Waals surface area contributed by atoms with E-state index in [2.05, 4.69) is 10.6 Å². The Morgan fingerprint density at radius 2 is 2.05 bits per heavy atom. The second kappa shape index (κ2) is 8.36. The van der Waals surface area contributed by atoms with Gasteiger partial charge in [-0.15, -0.1) is 0 Å². The lowest BCUT2D eigenvalue weighted by Crippen LogP contribution is -2.47. The minimum atomic E-state index is -1.25. The molecule has 1 heterocycles. The third kappa shape index (κ3) is 6.37. The van der Waals surface area contributed by atoms with E-state index in [9.17, 15) is 14.4 Å². The molecule has 0 spiro atoms. The second-order valence-corrected chi connectivity index (χ2v) is 4.76. The zero-order chi connectivity index (χ0) is 15.0. The van der Waals surface area contributed by atoms with Crippen LogP contribution in [0.15, 0.2) is 0 Å². The maximum absolute atomic E-state index is 11.6. The monoisotopic (exact) mass is 288 g/mol. The Labute approximate surface area is 116 Å². The molecule has 8 heteroatoms. The number of carboxylic acid groups (broad SMARTS) is 2. The van der Waals surface area contributed by atoms with Crippen LogP contribution in [-0.4, -0.2) is 54.0 Å². The minimum Gasteiger partial charge on any atom is -0.481 e. The summed E-state index contributed by atoms with van der Waals surface area (Å²) in [6.07, 6.45) is 1.45. The highest BCUT2D eigenvalue weighted by molar-refractivity contribution is 5.82. The van der Waals surface area contributed by atoms with E-state index in [1.54, 1.807) is 0 Å². The van der Waals surface area contributed by atoms with E-state index in [0.717, 1.165) is 19.4 Å². The Kier molecular flexibility index (Phi) is 6.78. The topological polar surface area (TPSA) is 125 Å². The van der Waals surface area contributed by atoms with E-state index < -0.39 is 24.0 Å². The van der Waals surface area contributed by atoms with Gasteiger partial charge in [0.1, 0.15) is 6.04 Å². The van der Waals surface area contributed by atoms with Gasteiger partial charge in [0, 0.05) is 19.6 Å². The Balaban J connectivity index is 2.29. The third-order valence-electron chi connectivity index (χ3n) is 3.06. The number of hydrogen-bond acceptors (Lipinski definition) is 4. The van der Waals surface area contributed by atoms with Crippen molar-refractivity contribution in [2.75, 3.05) is 19.8 Å². The van der Waals surface area contributed by atoms with Gasteiger partial charge in [-0.2, -0.15) is 0 Å². The first kappa shape index (κ1) is 16.2. The van der Waals surface area contributed by atoms with E-state index in [0.29, 0.717) is 13.2 Å². The van der Waals surface area contributed by atoms with Gasteiger partial charge in [-0.3, -0.25) is 4.79 Å². The van der Waals surface area contributed by atoms with Crippen molar-refractivity contribution in [1.82, 2.24) is 10.6 Å². The van der Waals surface area contributed by atoms with Gasteiger partial charge < -0.3 is 25.6 Å². The van der Waals surface area contributed by atoms with Crippen molar-refractivity contribution in [3.05, 3.63) is 0 Å². The summed E-state index contributed by atoms with van der Waals surface area (Å²) in [6, 6.07) is -1.80. The number of carbonyl (C=O) groups excluding carboxylic acids is 1. The standard InChI is InChI=1S/C12H20N2O6/c15-10(16)4-3-9(11(17)18)14-12(19)13-6-8-2-1-5-20-7-8/h8-9H,1-7H2,(H,15,16)(H,17,18)(H2,13,14,19)/t8?,9-/m0/s1. The van der Waals surface area contributed by atoms with Crippen LogP contribution < -0.4 is 10.6 Å². The van der Waals surface area contributed by atoms with Crippen molar-refractivity contribution >= 4 is 18.0 Å². The zero-order valence-corrected chi connectivity index (χ0v) is 11.1. The van der Waals surface area contributed by atoms with Crippen LogP contribution in [0.1, 0.15) is 25.7 Å². The maximum Gasteiger partial charge on any atom is 0.326 e. The molecule has 20 heavy (non-hydrogen) atoms. The van der Waals surface area contributed by atoms with Crippen molar-refractivity contribution in [2.24, 2.45) is 5.92 Å². The molecule has 114 valence electrons. The van der Waals surface area contributed by atoms with Gasteiger partial charge in [0.2, 0.25) is 0 Å². The van der Waals surface area contributed by atoms with Gasteiger partial charge in [-0.1, -0.05) is 0 Å². The fourth-order valence-electron chi connectivity index (χ4n) is 1.94. The smallest absolute Gasteiger partial charge is 0.326 e. The molecule has 2 amide bonds. The molecule has 8 nitrogen and oxygen atoms in total. The first-order valence-corrected chi connectivity index (χ1v) is 6.55. The fraction of sp³-hybridized carbons (Fsp3) is 0.750. The van der Waals surface area contributed by atoms with Gasteiger partial charge in [-0.05, 0) is 25.2 Å². The van der Waals surface area contributed by atoms with Crippen LogP contribution in [0.4, 0.5) is 4.79 Å². The van der Waals surface area contributed by atoms with E-state index in [4.69, 9.17) is 14.9 Å². The van der Waals surface area contributed by atoms with Gasteiger partial charge in [0.25, 0.3) is 0 Å². The van der Waals surface area contributed by atoms with E-state index in [-0.39, 0.29) is 18.8 Å². The predicted octanol–water partition coefficient (Wildman–Crippen LogP) is 0.0302. The average molecular weight is 288 g/mol. The highest BCUT2D eigenvalue weighted by Crippen LogP contribution is 2.11.